The summed E-state index contributed by atoms with van der Waals surface area (Å²) >= 11 is 0. The Labute approximate surface area is 280 Å². The smallest absolute Gasteiger partial charge is 0.362 e. The lowest BCUT2D eigenvalue weighted by molar-refractivity contribution is -0.887. The molecule has 2 atom stereocenters. The van der Waals surface area contributed by atoms with Crippen LogP contribution in [-0.4, -0.2) is 80.6 Å². The van der Waals surface area contributed by atoms with Crippen molar-refractivity contribution in [1.82, 2.24) is 0 Å². The minimum absolute atomic E-state index is 0.0525. The fourth-order valence-electron chi connectivity index (χ4n) is 4.76. The molecular formula is C38H66NO7+. The van der Waals surface area contributed by atoms with Crippen molar-refractivity contribution in [2.45, 2.75) is 135 Å². The molecular weight excluding hydrogens is 582 g/mol. The number of hydrogen-bond donors (Lipinski definition) is 1. The van der Waals surface area contributed by atoms with Gasteiger partial charge in [0.25, 0.3) is 0 Å². The van der Waals surface area contributed by atoms with E-state index in [0.29, 0.717) is 25.7 Å². The van der Waals surface area contributed by atoms with E-state index >= 15 is 0 Å². The quantitative estimate of drug-likeness (QED) is 0.0361. The van der Waals surface area contributed by atoms with Gasteiger partial charge in [0.2, 0.25) is 0 Å². The Morgan fingerprint density at radius 3 is 1.76 bits per heavy atom. The molecule has 0 radical (unpaired) electrons. The molecule has 0 rings (SSSR count). The van der Waals surface area contributed by atoms with E-state index in [0.717, 1.165) is 51.4 Å². The van der Waals surface area contributed by atoms with E-state index in [4.69, 9.17) is 14.2 Å². The van der Waals surface area contributed by atoms with Gasteiger partial charge in [-0.2, -0.15) is 0 Å². The van der Waals surface area contributed by atoms with Crippen molar-refractivity contribution >= 4 is 17.9 Å². The lowest BCUT2D eigenvalue weighted by Crippen LogP contribution is -2.50. The van der Waals surface area contributed by atoms with E-state index in [2.05, 4.69) is 55.5 Å². The summed E-state index contributed by atoms with van der Waals surface area (Å²) in [4.78, 5) is 35.9. The van der Waals surface area contributed by atoms with Gasteiger partial charge in [-0.25, -0.2) is 4.79 Å². The van der Waals surface area contributed by atoms with Gasteiger partial charge >= 0.3 is 17.9 Å². The van der Waals surface area contributed by atoms with Gasteiger partial charge in [-0.05, 0) is 51.4 Å². The highest BCUT2D eigenvalue weighted by molar-refractivity contribution is 5.72. The topological polar surface area (TPSA) is 99.1 Å². The highest BCUT2D eigenvalue weighted by Crippen LogP contribution is 2.13. The van der Waals surface area contributed by atoms with Crippen LogP contribution in [0.25, 0.3) is 0 Å². The molecule has 0 saturated heterocycles. The summed E-state index contributed by atoms with van der Waals surface area (Å²) in [6.45, 7) is 4.23. The summed E-state index contributed by atoms with van der Waals surface area (Å²) in [5.41, 5.74) is 0. The zero-order valence-electron chi connectivity index (χ0n) is 29.8. The van der Waals surface area contributed by atoms with Crippen LogP contribution >= 0.6 is 0 Å². The number of carbonyl (C=O) groups excluding carboxylic acids is 2. The first-order valence-electron chi connectivity index (χ1n) is 17.7. The molecule has 0 aliphatic carbocycles. The number of quaternary nitrogens is 1. The molecule has 0 bridgehead atoms. The van der Waals surface area contributed by atoms with Crippen molar-refractivity contribution in [2.24, 2.45) is 0 Å². The molecule has 0 heterocycles. The molecule has 46 heavy (non-hydrogen) atoms. The number of carbonyl (C=O) groups is 3. The van der Waals surface area contributed by atoms with Crippen LogP contribution in [0, 0.1) is 0 Å². The first kappa shape index (κ1) is 43.3. The van der Waals surface area contributed by atoms with Gasteiger partial charge in [0.05, 0.1) is 34.4 Å². The van der Waals surface area contributed by atoms with Crippen LogP contribution in [0.5, 0.6) is 0 Å². The fourth-order valence-corrected chi connectivity index (χ4v) is 4.76. The molecule has 2 unspecified atom stereocenters. The normalized spacial score (nSPS) is 13.7. The average molecular weight is 649 g/mol. The van der Waals surface area contributed by atoms with Gasteiger partial charge in [0, 0.05) is 19.3 Å². The predicted octanol–water partition coefficient (Wildman–Crippen LogP) is 8.51. The van der Waals surface area contributed by atoms with Gasteiger partial charge in [-0.1, -0.05) is 101 Å². The lowest BCUT2D eigenvalue weighted by Gasteiger charge is -2.31. The zero-order valence-corrected chi connectivity index (χ0v) is 29.8. The van der Waals surface area contributed by atoms with Gasteiger partial charge in [-0.3, -0.25) is 9.59 Å². The maximum atomic E-state index is 12.5. The number of nitrogens with zero attached hydrogens (tertiary/aromatic N) is 1. The van der Waals surface area contributed by atoms with Crippen molar-refractivity contribution < 1.29 is 38.2 Å². The SMILES string of the molecule is CC/C=C\C/C=C\C/C=C\C/C=C\CCCCCCCCCCC(=O)OC(COCCC(C(=O)O)[N+](C)(C)C)COC(=O)CCC. The van der Waals surface area contributed by atoms with E-state index in [1.807, 2.05) is 28.1 Å². The molecule has 0 aromatic rings. The van der Waals surface area contributed by atoms with Crippen LogP contribution in [0.2, 0.25) is 0 Å². The molecule has 0 saturated carbocycles. The third kappa shape index (κ3) is 27.6. The molecule has 1 N–H and O–H groups in total. The van der Waals surface area contributed by atoms with Crippen molar-refractivity contribution in [3.8, 4) is 0 Å². The molecule has 0 aromatic heterocycles. The molecule has 0 aromatic carbocycles. The minimum atomic E-state index is -0.884. The molecule has 264 valence electrons. The van der Waals surface area contributed by atoms with Crippen LogP contribution in [-0.2, 0) is 28.6 Å². The molecule has 8 nitrogen and oxygen atoms in total. The van der Waals surface area contributed by atoms with E-state index in [1.54, 1.807) is 0 Å². The summed E-state index contributed by atoms with van der Waals surface area (Å²) in [6.07, 6.45) is 33.0. The predicted molar refractivity (Wildman–Crippen MR) is 188 cm³/mol. The Morgan fingerprint density at radius 1 is 0.674 bits per heavy atom. The number of unbranched alkanes of at least 4 members (excludes halogenated alkanes) is 8. The highest BCUT2D eigenvalue weighted by atomic mass is 16.6. The number of rotatable bonds is 30. The maximum absolute atomic E-state index is 12.5. The van der Waals surface area contributed by atoms with Crippen molar-refractivity contribution in [2.75, 3.05) is 41.0 Å². The molecule has 0 aliphatic heterocycles. The lowest BCUT2D eigenvalue weighted by atomic mass is 10.1. The number of likely N-dealkylation sites (N-methyl/N-ethyl adjacent to an activating group) is 1. The zero-order chi connectivity index (χ0) is 34.3. The number of carboxylic acid groups (broad SMARTS) is 1. The average Bonchev–Trinajstić information content (AvgIpc) is 2.99. The number of carboxylic acids is 1. The van der Waals surface area contributed by atoms with Crippen molar-refractivity contribution in [3.63, 3.8) is 0 Å². The minimum Gasteiger partial charge on any atom is -0.477 e. The first-order chi connectivity index (χ1) is 22.1. The number of aliphatic carboxylic acids is 1. The Bertz CT molecular complexity index is 901. The molecule has 0 fully saturated rings. The second-order valence-electron chi connectivity index (χ2n) is 12.7. The van der Waals surface area contributed by atoms with Crippen molar-refractivity contribution in [3.05, 3.63) is 48.6 Å². The van der Waals surface area contributed by atoms with Crippen LogP contribution in [0.15, 0.2) is 48.6 Å². The van der Waals surface area contributed by atoms with E-state index in [9.17, 15) is 19.5 Å². The largest absolute Gasteiger partial charge is 0.477 e. The van der Waals surface area contributed by atoms with Gasteiger partial charge in [-0.15, -0.1) is 0 Å². The fraction of sp³-hybridized carbons (Fsp3) is 0.711. The van der Waals surface area contributed by atoms with Crippen LogP contribution in [0.4, 0.5) is 0 Å². The number of ether oxygens (including phenoxy) is 3. The van der Waals surface area contributed by atoms with Crippen LogP contribution in [0.3, 0.4) is 0 Å². The molecule has 0 aliphatic rings. The van der Waals surface area contributed by atoms with Gasteiger partial charge in [0.15, 0.2) is 12.1 Å². The third-order valence-electron chi connectivity index (χ3n) is 7.46. The summed E-state index contributed by atoms with van der Waals surface area (Å²) in [5.74, 6) is -1.55. The van der Waals surface area contributed by atoms with E-state index in [-0.39, 0.29) is 36.2 Å². The monoisotopic (exact) mass is 648 g/mol. The Morgan fingerprint density at radius 2 is 1.22 bits per heavy atom. The highest BCUT2D eigenvalue weighted by Gasteiger charge is 2.31. The van der Waals surface area contributed by atoms with Gasteiger partial charge < -0.3 is 23.8 Å². The Hall–Kier alpha value is -2.71. The third-order valence-corrected chi connectivity index (χ3v) is 7.46. The molecule has 8 heteroatoms. The number of esters is 2. The van der Waals surface area contributed by atoms with Crippen molar-refractivity contribution in [1.29, 1.82) is 0 Å². The second-order valence-corrected chi connectivity index (χ2v) is 12.7. The number of hydrogen-bond acceptors (Lipinski definition) is 6. The summed E-state index contributed by atoms with van der Waals surface area (Å²) in [5, 5.41) is 9.49. The second kappa shape index (κ2) is 29.7. The summed E-state index contributed by atoms with van der Waals surface area (Å²) < 4.78 is 16.8. The Balaban J connectivity index is 4.05. The van der Waals surface area contributed by atoms with E-state index in [1.165, 1.54) is 32.1 Å². The summed E-state index contributed by atoms with van der Waals surface area (Å²) in [6, 6.07) is -0.612. The molecule has 0 amide bonds. The Kier molecular flexibility index (Phi) is 27.9. The summed E-state index contributed by atoms with van der Waals surface area (Å²) in [7, 11) is 5.48. The first-order valence-corrected chi connectivity index (χ1v) is 17.7. The van der Waals surface area contributed by atoms with Crippen LogP contribution in [0.1, 0.15) is 123 Å². The van der Waals surface area contributed by atoms with Gasteiger partial charge in [0.1, 0.15) is 6.61 Å². The van der Waals surface area contributed by atoms with Crippen LogP contribution < -0.4 is 0 Å². The van der Waals surface area contributed by atoms with E-state index < -0.39 is 18.1 Å². The molecule has 0 spiro atoms. The number of allylic oxidation sites excluding steroid dienone is 8. The maximum Gasteiger partial charge on any atom is 0.362 e. The standard InChI is InChI=1S/C38H65NO7/c1-6-8-9-10-11-12-13-14-15-16-17-18-19-20-21-22-23-24-25-26-27-29-37(41)46-34(33-45-36(40)28-7-2)32-44-31-30-35(38(42)43)39(3,4)5/h8-9,11-12,14-15,17-18,34-35H,6-7,10,13,16,19-33H2,1-5H3/p+1/b9-8-,12-11-,15-14-,18-17-.